The number of oxime groups is 1. The molecule has 1 aromatic rings. The van der Waals surface area contributed by atoms with Crippen molar-refractivity contribution in [1.29, 1.82) is 0 Å². The smallest absolute Gasteiger partial charge is 0.201 e. The van der Waals surface area contributed by atoms with Crippen molar-refractivity contribution in [3.05, 3.63) is 35.4 Å². The van der Waals surface area contributed by atoms with Gasteiger partial charge in [-0.1, -0.05) is 29.4 Å². The Morgan fingerprint density at radius 1 is 1.45 bits per heavy atom. The van der Waals surface area contributed by atoms with Gasteiger partial charge in [-0.15, -0.1) is 0 Å². The van der Waals surface area contributed by atoms with E-state index in [0.29, 0.717) is 19.8 Å². The first-order chi connectivity index (χ1) is 9.59. The normalized spacial score (nSPS) is 22.2. The van der Waals surface area contributed by atoms with Crippen LogP contribution < -0.4 is 5.48 Å². The van der Waals surface area contributed by atoms with E-state index in [1.807, 2.05) is 38.1 Å². The Balaban J connectivity index is 1.75. The molecule has 0 saturated carbocycles. The van der Waals surface area contributed by atoms with E-state index < -0.39 is 6.29 Å². The molecular weight excluding hydrogens is 260 g/mol. The molecule has 2 N–H and O–H groups in total. The van der Waals surface area contributed by atoms with Gasteiger partial charge in [0.15, 0.2) is 0 Å². The number of nitrogens with one attached hydrogen (secondary N) is 1. The third-order valence-corrected chi connectivity index (χ3v) is 2.83. The van der Waals surface area contributed by atoms with Crippen LogP contribution in [0.2, 0.25) is 0 Å². The second-order valence-electron chi connectivity index (χ2n) is 5.25. The fraction of sp³-hybridized carbons (Fsp3) is 0.500. The van der Waals surface area contributed by atoms with Gasteiger partial charge in [0.2, 0.25) is 6.29 Å². The molecule has 0 bridgehead atoms. The van der Waals surface area contributed by atoms with Crippen LogP contribution in [0.5, 0.6) is 0 Å². The number of benzene rings is 1. The zero-order chi connectivity index (χ0) is 14.4. The van der Waals surface area contributed by atoms with E-state index in [1.165, 1.54) is 6.21 Å². The van der Waals surface area contributed by atoms with Crippen molar-refractivity contribution in [1.82, 2.24) is 5.48 Å². The fourth-order valence-corrected chi connectivity index (χ4v) is 1.89. The van der Waals surface area contributed by atoms with Crippen LogP contribution >= 0.6 is 0 Å². The first-order valence-corrected chi connectivity index (χ1v) is 6.49. The number of hydrogen-bond acceptors (Lipinski definition) is 6. The lowest BCUT2D eigenvalue weighted by Gasteiger charge is -2.35. The second-order valence-corrected chi connectivity index (χ2v) is 5.25. The van der Waals surface area contributed by atoms with Gasteiger partial charge in [0.1, 0.15) is 0 Å². The van der Waals surface area contributed by atoms with Crippen LogP contribution in [0.4, 0.5) is 0 Å². The minimum absolute atomic E-state index is 0.324. The van der Waals surface area contributed by atoms with Gasteiger partial charge in [0.05, 0.1) is 25.0 Å². The summed E-state index contributed by atoms with van der Waals surface area (Å²) < 4.78 is 11.1. The molecule has 6 nitrogen and oxygen atoms in total. The van der Waals surface area contributed by atoms with Gasteiger partial charge in [-0.3, -0.25) is 4.84 Å². The van der Waals surface area contributed by atoms with Crippen LogP contribution in [-0.4, -0.2) is 36.5 Å². The first kappa shape index (κ1) is 14.9. The van der Waals surface area contributed by atoms with E-state index in [-0.39, 0.29) is 5.60 Å². The van der Waals surface area contributed by atoms with Crippen LogP contribution in [0.1, 0.15) is 25.0 Å². The molecule has 110 valence electrons. The molecule has 0 aliphatic carbocycles. The number of hydrogen-bond donors (Lipinski definition) is 2. The minimum atomic E-state index is -0.403. The van der Waals surface area contributed by atoms with E-state index in [4.69, 9.17) is 19.5 Å². The highest BCUT2D eigenvalue weighted by Gasteiger charge is 2.30. The van der Waals surface area contributed by atoms with E-state index >= 15 is 0 Å². The van der Waals surface area contributed by atoms with Gasteiger partial charge in [-0.25, -0.2) is 0 Å². The molecule has 2 rings (SSSR count). The van der Waals surface area contributed by atoms with Crippen molar-refractivity contribution < 1.29 is 19.5 Å². The summed E-state index contributed by atoms with van der Waals surface area (Å²) in [5.74, 6) is 0. The van der Waals surface area contributed by atoms with Crippen LogP contribution in [0.25, 0.3) is 0 Å². The third kappa shape index (κ3) is 4.57. The molecule has 1 aliphatic heterocycles. The summed E-state index contributed by atoms with van der Waals surface area (Å²) in [6, 6.07) is 7.57. The van der Waals surface area contributed by atoms with Gasteiger partial charge >= 0.3 is 0 Å². The molecule has 6 heteroatoms. The number of rotatable bonds is 5. The van der Waals surface area contributed by atoms with E-state index in [0.717, 1.165) is 11.1 Å². The van der Waals surface area contributed by atoms with Crippen molar-refractivity contribution >= 4 is 6.21 Å². The molecule has 0 aromatic heterocycles. The molecule has 1 fully saturated rings. The molecule has 1 aliphatic rings. The summed E-state index contributed by atoms with van der Waals surface area (Å²) in [5.41, 5.74) is 4.44. The summed E-state index contributed by atoms with van der Waals surface area (Å²) in [5, 5.41) is 11.4. The Morgan fingerprint density at radius 3 is 2.85 bits per heavy atom. The second kappa shape index (κ2) is 6.81. The highest BCUT2D eigenvalue weighted by molar-refractivity contribution is 5.78. The van der Waals surface area contributed by atoms with Gasteiger partial charge in [0.25, 0.3) is 0 Å². The molecule has 1 atom stereocenters. The van der Waals surface area contributed by atoms with Crippen molar-refractivity contribution in [2.24, 2.45) is 5.16 Å². The molecule has 0 radical (unpaired) electrons. The molecule has 1 heterocycles. The van der Waals surface area contributed by atoms with Gasteiger partial charge in [-0.05, 0) is 25.0 Å². The standard InChI is InChI=1S/C14H20N2O4/c1-14(2)10-18-9-13(19-14)20-16-8-12-5-3-11(4-6-12)7-15-17/h3-7,13,16-17H,8-10H2,1-2H3/b15-7-. The lowest BCUT2D eigenvalue weighted by molar-refractivity contribution is -0.290. The highest BCUT2D eigenvalue weighted by Crippen LogP contribution is 2.18. The maximum absolute atomic E-state index is 8.43. The van der Waals surface area contributed by atoms with Gasteiger partial charge in [-0.2, -0.15) is 5.48 Å². The van der Waals surface area contributed by atoms with E-state index in [9.17, 15) is 0 Å². The Labute approximate surface area is 118 Å². The maximum atomic E-state index is 8.43. The molecule has 1 unspecified atom stereocenters. The zero-order valence-corrected chi connectivity index (χ0v) is 11.7. The van der Waals surface area contributed by atoms with E-state index in [2.05, 4.69) is 10.6 Å². The van der Waals surface area contributed by atoms with Crippen molar-refractivity contribution in [2.45, 2.75) is 32.3 Å². The maximum Gasteiger partial charge on any atom is 0.201 e. The fourth-order valence-electron chi connectivity index (χ4n) is 1.89. The quantitative estimate of drug-likeness (QED) is 0.487. The summed E-state index contributed by atoms with van der Waals surface area (Å²) in [6.07, 6.45) is 0.975. The Bertz CT molecular complexity index is 445. The Morgan fingerprint density at radius 2 is 2.20 bits per heavy atom. The highest BCUT2D eigenvalue weighted by atomic mass is 16.8. The van der Waals surface area contributed by atoms with Gasteiger partial charge < -0.3 is 14.7 Å². The summed E-state index contributed by atoms with van der Waals surface area (Å²) >= 11 is 0. The largest absolute Gasteiger partial charge is 0.411 e. The summed E-state index contributed by atoms with van der Waals surface area (Å²) in [6.45, 7) is 5.47. The summed E-state index contributed by atoms with van der Waals surface area (Å²) in [7, 11) is 0. The third-order valence-electron chi connectivity index (χ3n) is 2.83. The topological polar surface area (TPSA) is 72.3 Å². The molecule has 0 amide bonds. The Hall–Kier alpha value is -1.47. The molecular formula is C14H20N2O4. The predicted octanol–water partition coefficient (Wildman–Crippen LogP) is 1.67. The first-order valence-electron chi connectivity index (χ1n) is 6.49. The van der Waals surface area contributed by atoms with Crippen LogP contribution in [0.3, 0.4) is 0 Å². The van der Waals surface area contributed by atoms with Crippen molar-refractivity contribution in [3.8, 4) is 0 Å². The summed E-state index contributed by atoms with van der Waals surface area (Å²) in [4.78, 5) is 5.44. The Kier molecular flexibility index (Phi) is 5.08. The lowest BCUT2D eigenvalue weighted by atomic mass is 10.1. The van der Waals surface area contributed by atoms with Crippen LogP contribution in [0, 0.1) is 0 Å². The molecule has 1 aromatic carbocycles. The predicted molar refractivity (Wildman–Crippen MR) is 73.5 cm³/mol. The number of hydroxylamine groups is 1. The van der Waals surface area contributed by atoms with Crippen molar-refractivity contribution in [3.63, 3.8) is 0 Å². The average Bonchev–Trinajstić information content (AvgIpc) is 2.40. The van der Waals surface area contributed by atoms with Crippen molar-refractivity contribution in [2.75, 3.05) is 13.2 Å². The monoisotopic (exact) mass is 280 g/mol. The average molecular weight is 280 g/mol. The van der Waals surface area contributed by atoms with Crippen LogP contribution in [-0.2, 0) is 20.9 Å². The lowest BCUT2D eigenvalue weighted by Crippen LogP contribution is -2.45. The SMILES string of the molecule is CC1(C)COCC(ONCc2ccc(/C=N\O)cc2)O1. The molecule has 0 spiro atoms. The van der Waals surface area contributed by atoms with E-state index in [1.54, 1.807) is 0 Å². The van der Waals surface area contributed by atoms with Crippen LogP contribution in [0.15, 0.2) is 29.4 Å². The minimum Gasteiger partial charge on any atom is -0.411 e. The number of ether oxygens (including phenoxy) is 2. The molecule has 20 heavy (non-hydrogen) atoms. The number of nitrogens with zero attached hydrogens (tertiary/aromatic N) is 1. The zero-order valence-electron chi connectivity index (χ0n) is 11.7. The molecule has 1 saturated heterocycles. The van der Waals surface area contributed by atoms with Gasteiger partial charge in [0, 0.05) is 6.54 Å².